The fourth-order valence-corrected chi connectivity index (χ4v) is 7.05. The highest BCUT2D eigenvalue weighted by atomic mass is 35.5. The summed E-state index contributed by atoms with van der Waals surface area (Å²) in [6.45, 7) is 0.439. The van der Waals surface area contributed by atoms with Crippen LogP contribution in [0.5, 0.6) is 5.75 Å². The minimum Gasteiger partial charge on any atom is -0.497 e. The van der Waals surface area contributed by atoms with Gasteiger partial charge in [-0.3, -0.25) is 9.10 Å². The van der Waals surface area contributed by atoms with Crippen molar-refractivity contribution in [1.82, 2.24) is 4.31 Å². The SMILES string of the molecule is COc1ccc(S(=O)(=O)N(CC(=O)Nc2ccc(S(=O)(=O)N3CCCC3)cc2)c2cccc(Cl)c2)cc1. The molecule has 0 spiro atoms. The fraction of sp³-hybridized carbons (Fsp3) is 0.240. The summed E-state index contributed by atoms with van der Waals surface area (Å²) in [5, 5.41) is 2.95. The van der Waals surface area contributed by atoms with Gasteiger partial charge in [-0.05, 0) is 79.6 Å². The van der Waals surface area contributed by atoms with E-state index in [1.54, 1.807) is 12.1 Å². The Labute approximate surface area is 221 Å². The quantitative estimate of drug-likeness (QED) is 0.421. The van der Waals surface area contributed by atoms with Crippen molar-refractivity contribution in [2.75, 3.05) is 36.4 Å². The van der Waals surface area contributed by atoms with Gasteiger partial charge >= 0.3 is 0 Å². The molecule has 0 unspecified atom stereocenters. The number of ether oxygens (including phenoxy) is 1. The van der Waals surface area contributed by atoms with Crippen LogP contribution in [-0.4, -0.2) is 53.8 Å². The predicted molar refractivity (Wildman–Crippen MR) is 142 cm³/mol. The van der Waals surface area contributed by atoms with Crippen LogP contribution in [-0.2, 0) is 24.8 Å². The molecule has 12 heteroatoms. The smallest absolute Gasteiger partial charge is 0.264 e. The Balaban J connectivity index is 1.56. The lowest BCUT2D eigenvalue weighted by molar-refractivity contribution is -0.114. The third-order valence-electron chi connectivity index (χ3n) is 5.87. The lowest BCUT2D eigenvalue weighted by Crippen LogP contribution is -2.38. The standard InChI is InChI=1S/C25H26ClN3O6S2/c1-35-22-9-13-24(14-10-22)37(33,34)29(21-6-4-5-19(26)17-21)18-25(30)27-20-7-11-23(12-8-20)36(31,32)28-15-2-3-16-28/h4-14,17H,2-3,15-16,18H2,1H3,(H,27,30). The Morgan fingerprint density at radius 3 is 2.16 bits per heavy atom. The Morgan fingerprint density at radius 1 is 0.946 bits per heavy atom. The molecule has 196 valence electrons. The summed E-state index contributed by atoms with van der Waals surface area (Å²) in [7, 11) is -6.26. The number of rotatable bonds is 9. The zero-order valence-corrected chi connectivity index (χ0v) is 22.4. The summed E-state index contributed by atoms with van der Waals surface area (Å²) in [5.74, 6) is -0.131. The van der Waals surface area contributed by atoms with Crippen molar-refractivity contribution in [2.24, 2.45) is 0 Å². The van der Waals surface area contributed by atoms with E-state index >= 15 is 0 Å². The second kappa shape index (κ2) is 11.1. The predicted octanol–water partition coefficient (Wildman–Crippen LogP) is 3.97. The number of nitrogens with zero attached hydrogens (tertiary/aromatic N) is 2. The van der Waals surface area contributed by atoms with Gasteiger partial charge in [0.15, 0.2) is 0 Å². The molecule has 1 N–H and O–H groups in total. The molecule has 3 aromatic rings. The van der Waals surface area contributed by atoms with Crippen LogP contribution in [0.1, 0.15) is 12.8 Å². The molecule has 37 heavy (non-hydrogen) atoms. The summed E-state index contributed by atoms with van der Waals surface area (Å²) in [5.41, 5.74) is 0.545. The second-order valence-corrected chi connectivity index (χ2v) is 12.6. The maximum absolute atomic E-state index is 13.5. The largest absolute Gasteiger partial charge is 0.497 e. The molecule has 1 saturated heterocycles. The molecule has 9 nitrogen and oxygen atoms in total. The third kappa shape index (κ3) is 6.07. The molecular weight excluding hydrogens is 538 g/mol. The van der Waals surface area contributed by atoms with Crippen molar-refractivity contribution >= 4 is 48.9 Å². The molecule has 0 aromatic heterocycles. The fourth-order valence-electron chi connectivity index (χ4n) is 3.94. The van der Waals surface area contributed by atoms with Gasteiger partial charge in [0.2, 0.25) is 15.9 Å². The molecule has 0 saturated carbocycles. The van der Waals surface area contributed by atoms with Crippen LogP contribution in [0.3, 0.4) is 0 Å². The van der Waals surface area contributed by atoms with Crippen molar-refractivity contribution in [2.45, 2.75) is 22.6 Å². The lowest BCUT2D eigenvalue weighted by atomic mass is 10.3. The highest BCUT2D eigenvalue weighted by molar-refractivity contribution is 7.92. The van der Waals surface area contributed by atoms with Crippen molar-refractivity contribution in [3.05, 3.63) is 77.8 Å². The Hall–Kier alpha value is -3.12. The minimum atomic E-state index is -4.15. The molecular formula is C25H26ClN3O6S2. The van der Waals surface area contributed by atoms with Gasteiger partial charge in [-0.15, -0.1) is 0 Å². The van der Waals surface area contributed by atoms with Crippen molar-refractivity contribution < 1.29 is 26.4 Å². The van der Waals surface area contributed by atoms with Gasteiger partial charge in [-0.25, -0.2) is 16.8 Å². The van der Waals surface area contributed by atoms with E-state index in [-0.39, 0.29) is 15.5 Å². The van der Waals surface area contributed by atoms with Crippen molar-refractivity contribution in [1.29, 1.82) is 0 Å². The van der Waals surface area contributed by atoms with Crippen LogP contribution < -0.4 is 14.4 Å². The maximum Gasteiger partial charge on any atom is 0.264 e. The molecule has 1 fully saturated rings. The number of amides is 1. The first kappa shape index (κ1) is 26.9. The average Bonchev–Trinajstić information content (AvgIpc) is 3.44. The van der Waals surface area contributed by atoms with Crippen LogP contribution in [0.4, 0.5) is 11.4 Å². The Bertz CT molecular complexity index is 1470. The summed E-state index contributed by atoms with van der Waals surface area (Å²) < 4.78 is 60.0. The molecule has 1 aliphatic heterocycles. The van der Waals surface area contributed by atoms with Gasteiger partial charge in [0.1, 0.15) is 12.3 Å². The maximum atomic E-state index is 13.5. The van der Waals surface area contributed by atoms with E-state index in [1.165, 1.54) is 72.1 Å². The number of carbonyl (C=O) groups is 1. The van der Waals surface area contributed by atoms with E-state index in [2.05, 4.69) is 5.32 Å². The number of hydrogen-bond donors (Lipinski definition) is 1. The van der Waals surface area contributed by atoms with Crippen LogP contribution in [0.15, 0.2) is 82.6 Å². The molecule has 0 atom stereocenters. The van der Waals surface area contributed by atoms with E-state index < -0.39 is 32.5 Å². The molecule has 3 aromatic carbocycles. The monoisotopic (exact) mass is 563 g/mol. The number of hydrogen-bond acceptors (Lipinski definition) is 6. The number of carbonyl (C=O) groups excluding carboxylic acids is 1. The summed E-state index contributed by atoms with van der Waals surface area (Å²) in [6, 6.07) is 17.8. The average molecular weight is 564 g/mol. The minimum absolute atomic E-state index is 0.0300. The zero-order valence-electron chi connectivity index (χ0n) is 20.0. The van der Waals surface area contributed by atoms with Gasteiger partial charge < -0.3 is 10.1 Å². The summed E-state index contributed by atoms with van der Waals surface area (Å²) in [6.07, 6.45) is 1.66. The van der Waals surface area contributed by atoms with E-state index in [1.807, 2.05) is 0 Å². The molecule has 0 radical (unpaired) electrons. The Morgan fingerprint density at radius 2 is 1.57 bits per heavy atom. The topological polar surface area (TPSA) is 113 Å². The highest BCUT2D eigenvalue weighted by Gasteiger charge is 2.29. The normalized spacial score (nSPS) is 14.3. The van der Waals surface area contributed by atoms with Crippen LogP contribution in [0.2, 0.25) is 5.02 Å². The number of methoxy groups -OCH3 is 1. The van der Waals surface area contributed by atoms with Crippen LogP contribution in [0, 0.1) is 0 Å². The molecule has 1 heterocycles. The van der Waals surface area contributed by atoms with Gasteiger partial charge in [-0.2, -0.15) is 4.31 Å². The van der Waals surface area contributed by atoms with Gasteiger partial charge in [0.05, 0.1) is 22.6 Å². The van der Waals surface area contributed by atoms with E-state index in [0.717, 1.165) is 17.1 Å². The zero-order chi connectivity index (χ0) is 26.6. The van der Waals surface area contributed by atoms with E-state index in [0.29, 0.717) is 29.5 Å². The summed E-state index contributed by atoms with van der Waals surface area (Å²) >= 11 is 6.10. The van der Waals surface area contributed by atoms with Crippen LogP contribution >= 0.6 is 11.6 Å². The Kier molecular flexibility index (Phi) is 8.08. The number of nitrogens with one attached hydrogen (secondary N) is 1. The van der Waals surface area contributed by atoms with Crippen molar-refractivity contribution in [3.8, 4) is 5.75 Å². The molecule has 0 bridgehead atoms. The van der Waals surface area contributed by atoms with Gasteiger partial charge in [-0.1, -0.05) is 17.7 Å². The molecule has 1 aliphatic rings. The lowest BCUT2D eigenvalue weighted by Gasteiger charge is -2.24. The first-order chi connectivity index (χ1) is 17.6. The number of sulfonamides is 2. The molecule has 0 aliphatic carbocycles. The molecule has 1 amide bonds. The third-order valence-corrected chi connectivity index (χ3v) is 9.81. The first-order valence-corrected chi connectivity index (χ1v) is 14.7. The van der Waals surface area contributed by atoms with Crippen molar-refractivity contribution in [3.63, 3.8) is 0 Å². The van der Waals surface area contributed by atoms with Gasteiger partial charge in [0.25, 0.3) is 10.0 Å². The number of halogens is 1. The number of anilines is 2. The highest BCUT2D eigenvalue weighted by Crippen LogP contribution is 2.28. The van der Waals surface area contributed by atoms with E-state index in [4.69, 9.17) is 16.3 Å². The second-order valence-electron chi connectivity index (χ2n) is 8.35. The molecule has 4 rings (SSSR count). The first-order valence-electron chi connectivity index (χ1n) is 11.4. The van der Waals surface area contributed by atoms with Crippen LogP contribution in [0.25, 0.3) is 0 Å². The van der Waals surface area contributed by atoms with E-state index in [9.17, 15) is 21.6 Å². The summed E-state index contributed by atoms with van der Waals surface area (Å²) in [4.78, 5) is 13.1. The van der Waals surface area contributed by atoms with Gasteiger partial charge in [0, 0.05) is 23.8 Å². The number of benzene rings is 3.